The van der Waals surface area contributed by atoms with Gasteiger partial charge in [-0.05, 0) is 40.8 Å². The molecule has 0 atom stereocenters. The third-order valence-electron chi connectivity index (χ3n) is 2.28. The Morgan fingerprint density at radius 2 is 2.18 bits per heavy atom. The molecule has 2 rings (SSSR count). The summed E-state index contributed by atoms with van der Waals surface area (Å²) < 4.78 is 14.4. The van der Waals surface area contributed by atoms with Gasteiger partial charge in [0.2, 0.25) is 5.91 Å². The molecule has 1 aromatic rings. The van der Waals surface area contributed by atoms with E-state index in [0.29, 0.717) is 3.57 Å². The van der Waals surface area contributed by atoms with Crippen LogP contribution in [0.25, 0.3) is 0 Å². The zero-order chi connectivity index (χ0) is 12.6. The van der Waals surface area contributed by atoms with E-state index in [-0.39, 0.29) is 23.7 Å². The topological polar surface area (TPSA) is 64.4 Å². The van der Waals surface area contributed by atoms with Crippen LogP contribution in [-0.4, -0.2) is 16.8 Å². The molecule has 4 nitrogen and oxygen atoms in total. The van der Waals surface area contributed by atoms with Gasteiger partial charge < -0.3 is 5.11 Å². The van der Waals surface area contributed by atoms with Crippen molar-refractivity contribution in [2.24, 2.45) is 0 Å². The van der Waals surface area contributed by atoms with E-state index in [2.05, 4.69) is 0 Å². The van der Waals surface area contributed by atoms with Crippen molar-refractivity contribution >= 4 is 40.0 Å². The predicted molar refractivity (Wildman–Crippen MR) is 69.7 cm³/mol. The minimum atomic E-state index is -0.565. The molecule has 1 heterocycles. The van der Waals surface area contributed by atoms with E-state index < -0.39 is 11.7 Å². The van der Waals surface area contributed by atoms with Crippen molar-refractivity contribution in [2.75, 3.05) is 4.90 Å². The van der Waals surface area contributed by atoms with Crippen molar-refractivity contribution in [3.05, 3.63) is 39.4 Å². The molecule has 0 spiro atoms. The van der Waals surface area contributed by atoms with Gasteiger partial charge in [-0.25, -0.2) is 4.39 Å². The van der Waals surface area contributed by atoms with E-state index in [1.54, 1.807) is 6.07 Å². The molecule has 0 bridgehead atoms. The molecule has 0 aromatic heterocycles. The lowest BCUT2D eigenvalue weighted by atomic mass is 10.1. The minimum Gasteiger partial charge on any atom is -0.512 e. The Morgan fingerprint density at radius 1 is 1.47 bits per heavy atom. The summed E-state index contributed by atoms with van der Waals surface area (Å²) in [7, 11) is 0. The van der Waals surface area contributed by atoms with Gasteiger partial charge in [-0.3, -0.25) is 15.1 Å². The maximum absolute atomic E-state index is 13.7. The molecule has 88 valence electrons. The summed E-state index contributed by atoms with van der Waals surface area (Å²) >= 11 is 1.96. The van der Waals surface area contributed by atoms with Gasteiger partial charge in [-0.1, -0.05) is 0 Å². The van der Waals surface area contributed by atoms with E-state index in [1.165, 1.54) is 12.1 Å². The van der Waals surface area contributed by atoms with Gasteiger partial charge in [0.05, 0.1) is 12.1 Å². The van der Waals surface area contributed by atoms with Crippen LogP contribution in [0.15, 0.2) is 30.0 Å². The fraction of sp³-hybridized carbons (Fsp3) is 0.0909. The Kier molecular flexibility index (Phi) is 3.14. The SMILES string of the molecule is N=C1C=C(O)CC(=O)N1c1ccc(I)cc1F. The number of hydrogen-bond donors (Lipinski definition) is 2. The number of carbonyl (C=O) groups excluding carboxylic acids is 1. The molecule has 1 amide bonds. The molecule has 0 fully saturated rings. The normalized spacial score (nSPS) is 16.1. The highest BCUT2D eigenvalue weighted by Gasteiger charge is 2.27. The van der Waals surface area contributed by atoms with E-state index in [0.717, 1.165) is 11.0 Å². The van der Waals surface area contributed by atoms with Gasteiger partial charge in [0.15, 0.2) is 0 Å². The van der Waals surface area contributed by atoms with Crippen molar-refractivity contribution in [3.63, 3.8) is 0 Å². The molecule has 1 aromatic carbocycles. The Hall–Kier alpha value is -1.44. The summed E-state index contributed by atoms with van der Waals surface area (Å²) in [5, 5.41) is 16.8. The largest absolute Gasteiger partial charge is 0.512 e. The average molecular weight is 346 g/mol. The molecular formula is C11H8FIN2O2. The Labute approximate surface area is 110 Å². The maximum Gasteiger partial charge on any atom is 0.240 e. The van der Waals surface area contributed by atoms with Crippen LogP contribution in [0.5, 0.6) is 0 Å². The number of amides is 1. The Balaban J connectivity index is 2.46. The maximum atomic E-state index is 13.7. The highest BCUT2D eigenvalue weighted by molar-refractivity contribution is 14.1. The number of aliphatic hydroxyl groups is 1. The molecule has 6 heteroatoms. The quantitative estimate of drug-likeness (QED) is 0.768. The molecular weight excluding hydrogens is 338 g/mol. The van der Waals surface area contributed by atoms with Crippen molar-refractivity contribution in [1.29, 1.82) is 5.41 Å². The zero-order valence-electron chi connectivity index (χ0n) is 8.58. The van der Waals surface area contributed by atoms with Gasteiger partial charge in [-0.15, -0.1) is 0 Å². The van der Waals surface area contributed by atoms with Crippen molar-refractivity contribution < 1.29 is 14.3 Å². The fourth-order valence-corrected chi connectivity index (χ4v) is 2.02. The number of rotatable bonds is 1. The molecule has 0 radical (unpaired) electrons. The summed E-state index contributed by atoms with van der Waals surface area (Å²) in [5.41, 5.74) is 0.0316. The van der Waals surface area contributed by atoms with Crippen molar-refractivity contribution in [2.45, 2.75) is 6.42 Å². The van der Waals surface area contributed by atoms with Crippen molar-refractivity contribution in [3.8, 4) is 0 Å². The monoisotopic (exact) mass is 346 g/mol. The van der Waals surface area contributed by atoms with Gasteiger partial charge in [0, 0.05) is 9.65 Å². The van der Waals surface area contributed by atoms with E-state index in [1.807, 2.05) is 22.6 Å². The third kappa shape index (κ3) is 2.31. The summed E-state index contributed by atoms with van der Waals surface area (Å²) in [6.07, 6.45) is 0.923. The van der Waals surface area contributed by atoms with Crippen LogP contribution >= 0.6 is 22.6 Å². The molecule has 0 aliphatic carbocycles. The number of hydrogen-bond acceptors (Lipinski definition) is 3. The number of carbonyl (C=O) groups is 1. The molecule has 1 aliphatic heterocycles. The van der Waals surface area contributed by atoms with Crippen LogP contribution in [0.4, 0.5) is 10.1 Å². The number of anilines is 1. The minimum absolute atomic E-state index is 0.0316. The van der Waals surface area contributed by atoms with E-state index >= 15 is 0 Å². The number of aliphatic hydroxyl groups excluding tert-OH is 1. The number of halogens is 2. The zero-order valence-corrected chi connectivity index (χ0v) is 10.7. The highest BCUT2D eigenvalue weighted by atomic mass is 127. The first-order chi connectivity index (χ1) is 7.99. The number of nitrogens with one attached hydrogen (secondary N) is 1. The summed E-state index contributed by atoms with van der Waals surface area (Å²) in [5.74, 6) is -1.50. The number of benzene rings is 1. The van der Waals surface area contributed by atoms with Gasteiger partial charge in [0.1, 0.15) is 17.4 Å². The lowest BCUT2D eigenvalue weighted by Crippen LogP contribution is -2.39. The molecule has 0 saturated carbocycles. The number of nitrogens with zero attached hydrogens (tertiary/aromatic N) is 1. The standard InChI is InChI=1S/C11H8FIN2O2/c12-8-3-6(13)1-2-9(8)15-10(14)4-7(16)5-11(15)17/h1-4,14,16H,5H2. The van der Waals surface area contributed by atoms with Gasteiger partial charge in [0.25, 0.3) is 0 Å². The molecule has 1 aliphatic rings. The smallest absolute Gasteiger partial charge is 0.240 e. The predicted octanol–water partition coefficient (Wildman–Crippen LogP) is 2.59. The Bertz CT molecular complexity index is 542. The number of amidine groups is 1. The second kappa shape index (κ2) is 4.44. The molecule has 17 heavy (non-hydrogen) atoms. The fourth-order valence-electron chi connectivity index (χ4n) is 1.57. The molecule has 2 N–H and O–H groups in total. The third-order valence-corrected chi connectivity index (χ3v) is 2.95. The van der Waals surface area contributed by atoms with E-state index in [4.69, 9.17) is 5.41 Å². The lowest BCUT2D eigenvalue weighted by molar-refractivity contribution is -0.117. The van der Waals surface area contributed by atoms with Crippen LogP contribution in [0.2, 0.25) is 0 Å². The van der Waals surface area contributed by atoms with Crippen LogP contribution in [0, 0.1) is 14.8 Å². The molecule has 0 saturated heterocycles. The van der Waals surface area contributed by atoms with Gasteiger partial charge >= 0.3 is 0 Å². The first-order valence-corrected chi connectivity index (χ1v) is 5.83. The second-order valence-corrected chi connectivity index (χ2v) is 4.77. The van der Waals surface area contributed by atoms with Crippen LogP contribution in [0.1, 0.15) is 6.42 Å². The first-order valence-electron chi connectivity index (χ1n) is 4.75. The summed E-state index contributed by atoms with van der Waals surface area (Å²) in [6, 6.07) is 4.38. The van der Waals surface area contributed by atoms with Gasteiger partial charge in [-0.2, -0.15) is 0 Å². The average Bonchev–Trinajstić information content (AvgIpc) is 2.19. The summed E-state index contributed by atoms with van der Waals surface area (Å²) in [4.78, 5) is 12.6. The Morgan fingerprint density at radius 3 is 2.76 bits per heavy atom. The highest BCUT2D eigenvalue weighted by Crippen LogP contribution is 2.25. The van der Waals surface area contributed by atoms with Crippen LogP contribution < -0.4 is 4.90 Å². The second-order valence-electron chi connectivity index (χ2n) is 3.52. The summed E-state index contributed by atoms with van der Waals surface area (Å²) in [6.45, 7) is 0. The first kappa shape index (κ1) is 12.0. The lowest BCUT2D eigenvalue weighted by Gasteiger charge is -2.25. The van der Waals surface area contributed by atoms with Crippen LogP contribution in [-0.2, 0) is 4.79 Å². The van der Waals surface area contributed by atoms with Crippen molar-refractivity contribution in [1.82, 2.24) is 0 Å². The van der Waals surface area contributed by atoms with Crippen LogP contribution in [0.3, 0.4) is 0 Å². The van der Waals surface area contributed by atoms with E-state index in [9.17, 15) is 14.3 Å². The molecule has 0 unspecified atom stereocenters.